The minimum absolute atomic E-state index is 0.0794. The Kier molecular flexibility index (Phi) is 10.9. The number of hydrogen-bond donors (Lipinski definition) is 1. The summed E-state index contributed by atoms with van der Waals surface area (Å²) in [5, 5.41) is 4.79. The number of nitrogens with zero attached hydrogens (tertiary/aromatic N) is 1. The third kappa shape index (κ3) is 7.81. The van der Waals surface area contributed by atoms with Crippen molar-refractivity contribution in [3.05, 3.63) is 68.7 Å². The van der Waals surface area contributed by atoms with Gasteiger partial charge >= 0.3 is 0 Å². The maximum atomic E-state index is 13.4. The molecule has 1 unspecified atom stereocenters. The summed E-state index contributed by atoms with van der Waals surface area (Å²) in [5.41, 5.74) is 1.82. The number of halogens is 3. The van der Waals surface area contributed by atoms with Gasteiger partial charge in [-0.2, -0.15) is 0 Å². The van der Waals surface area contributed by atoms with Crippen LogP contribution in [0.5, 0.6) is 0 Å². The van der Waals surface area contributed by atoms with Gasteiger partial charge in [-0.15, -0.1) is 11.8 Å². The molecule has 3 rings (SSSR count). The fraction of sp³-hybridized carbons (Fsp3) is 0.462. The average molecular weight is 542 g/mol. The molecule has 2 aromatic carbocycles. The average Bonchev–Trinajstić information content (AvgIpc) is 2.83. The minimum atomic E-state index is -0.545. The van der Waals surface area contributed by atoms with Crippen molar-refractivity contribution in [2.75, 3.05) is 5.75 Å². The Bertz CT molecular complexity index is 982. The Morgan fingerprint density at radius 2 is 1.76 bits per heavy atom. The van der Waals surface area contributed by atoms with E-state index < -0.39 is 6.04 Å². The molecule has 0 bridgehead atoms. The zero-order valence-corrected chi connectivity index (χ0v) is 22.5. The predicted molar refractivity (Wildman–Crippen MR) is 144 cm³/mol. The number of thioether (sulfide) groups is 1. The molecule has 0 aliphatic heterocycles. The van der Waals surface area contributed by atoms with E-state index in [9.17, 15) is 9.59 Å². The van der Waals surface area contributed by atoms with Crippen molar-refractivity contribution in [3.63, 3.8) is 0 Å². The SMILES string of the molecule is CCC(C(=O)NC1CCCCC1)N(Cc1ccccc1Cl)C(=O)CSCc1ccc(Cl)c(Cl)c1. The van der Waals surface area contributed by atoms with Crippen molar-refractivity contribution < 1.29 is 9.59 Å². The molecule has 1 saturated carbocycles. The fourth-order valence-electron chi connectivity index (χ4n) is 4.24. The standard InChI is InChI=1S/C26H31Cl3N2O2S/c1-2-24(26(33)30-20-9-4-3-5-10-20)31(15-19-8-6-7-11-21(19)27)25(32)17-34-16-18-12-13-22(28)23(29)14-18/h6-8,11-14,20,24H,2-5,9-10,15-17H2,1H3,(H,30,33). The molecule has 8 heteroatoms. The molecular weight excluding hydrogens is 511 g/mol. The van der Waals surface area contributed by atoms with Gasteiger partial charge in [0.25, 0.3) is 0 Å². The number of carbonyl (C=O) groups is 2. The predicted octanol–water partition coefficient (Wildman–Crippen LogP) is 7.14. The van der Waals surface area contributed by atoms with Gasteiger partial charge in [-0.1, -0.05) is 85.3 Å². The molecule has 0 spiro atoms. The lowest BCUT2D eigenvalue weighted by atomic mass is 9.95. The summed E-state index contributed by atoms with van der Waals surface area (Å²) in [6.07, 6.45) is 6.02. The van der Waals surface area contributed by atoms with E-state index in [4.69, 9.17) is 34.8 Å². The molecule has 0 radical (unpaired) electrons. The van der Waals surface area contributed by atoms with E-state index in [0.29, 0.717) is 33.8 Å². The molecule has 2 aromatic rings. The highest BCUT2D eigenvalue weighted by Gasteiger charge is 2.30. The van der Waals surface area contributed by atoms with Crippen LogP contribution in [0.4, 0.5) is 0 Å². The van der Waals surface area contributed by atoms with Gasteiger partial charge in [-0.25, -0.2) is 0 Å². The van der Waals surface area contributed by atoms with Gasteiger partial charge in [0.1, 0.15) is 6.04 Å². The van der Waals surface area contributed by atoms with Crippen LogP contribution in [-0.2, 0) is 21.9 Å². The van der Waals surface area contributed by atoms with Gasteiger partial charge in [0.15, 0.2) is 0 Å². The van der Waals surface area contributed by atoms with Gasteiger partial charge in [0, 0.05) is 23.4 Å². The van der Waals surface area contributed by atoms with Crippen molar-refractivity contribution in [1.82, 2.24) is 10.2 Å². The van der Waals surface area contributed by atoms with E-state index in [-0.39, 0.29) is 23.6 Å². The van der Waals surface area contributed by atoms with E-state index in [1.807, 2.05) is 43.3 Å². The normalized spacial score (nSPS) is 15.1. The molecule has 1 N–H and O–H groups in total. The summed E-state index contributed by atoms with van der Waals surface area (Å²) in [6.45, 7) is 2.24. The molecule has 184 valence electrons. The molecule has 2 amide bonds. The van der Waals surface area contributed by atoms with Crippen LogP contribution in [0.25, 0.3) is 0 Å². The first-order valence-corrected chi connectivity index (χ1v) is 14.0. The highest BCUT2D eigenvalue weighted by Crippen LogP contribution is 2.26. The van der Waals surface area contributed by atoms with Gasteiger partial charge in [-0.3, -0.25) is 9.59 Å². The van der Waals surface area contributed by atoms with Crippen LogP contribution >= 0.6 is 46.6 Å². The first-order chi connectivity index (χ1) is 16.4. The van der Waals surface area contributed by atoms with E-state index in [1.165, 1.54) is 18.2 Å². The number of rotatable bonds is 10. The quantitative estimate of drug-likeness (QED) is 0.348. The van der Waals surface area contributed by atoms with Crippen molar-refractivity contribution in [1.29, 1.82) is 0 Å². The molecule has 0 aromatic heterocycles. The van der Waals surface area contributed by atoms with Crippen molar-refractivity contribution in [2.24, 2.45) is 0 Å². The summed E-state index contributed by atoms with van der Waals surface area (Å²) in [4.78, 5) is 28.3. The highest BCUT2D eigenvalue weighted by atomic mass is 35.5. The van der Waals surface area contributed by atoms with Gasteiger partial charge in [0.05, 0.1) is 15.8 Å². The van der Waals surface area contributed by atoms with Crippen LogP contribution in [0.15, 0.2) is 42.5 Å². The Morgan fingerprint density at radius 3 is 2.44 bits per heavy atom. The highest BCUT2D eigenvalue weighted by molar-refractivity contribution is 7.99. The van der Waals surface area contributed by atoms with E-state index in [2.05, 4.69) is 5.32 Å². The molecular formula is C26H31Cl3N2O2S. The van der Waals surface area contributed by atoms with Crippen molar-refractivity contribution >= 4 is 58.4 Å². The van der Waals surface area contributed by atoms with Gasteiger partial charge in [0.2, 0.25) is 11.8 Å². The van der Waals surface area contributed by atoms with E-state index >= 15 is 0 Å². The number of carbonyl (C=O) groups excluding carboxylic acids is 2. The first-order valence-electron chi connectivity index (χ1n) is 11.7. The minimum Gasteiger partial charge on any atom is -0.352 e. The van der Waals surface area contributed by atoms with E-state index in [1.54, 1.807) is 11.0 Å². The lowest BCUT2D eigenvalue weighted by Gasteiger charge is -2.33. The summed E-state index contributed by atoms with van der Waals surface area (Å²) in [7, 11) is 0. The number of amides is 2. The molecule has 1 fully saturated rings. The smallest absolute Gasteiger partial charge is 0.243 e. The lowest BCUT2D eigenvalue weighted by molar-refractivity contribution is -0.139. The van der Waals surface area contributed by atoms with E-state index in [0.717, 1.165) is 36.8 Å². The third-order valence-electron chi connectivity index (χ3n) is 6.11. The Hall–Kier alpha value is -1.40. The van der Waals surface area contributed by atoms with Gasteiger partial charge in [-0.05, 0) is 48.6 Å². The van der Waals surface area contributed by atoms with Crippen molar-refractivity contribution in [3.8, 4) is 0 Å². The fourth-order valence-corrected chi connectivity index (χ4v) is 5.62. The molecule has 1 atom stereocenters. The van der Waals surface area contributed by atoms with Crippen LogP contribution in [0.2, 0.25) is 15.1 Å². The van der Waals surface area contributed by atoms with Crippen molar-refractivity contribution in [2.45, 2.75) is 69.8 Å². The monoisotopic (exact) mass is 540 g/mol. The summed E-state index contributed by atoms with van der Waals surface area (Å²) in [5.74, 6) is 0.700. The zero-order chi connectivity index (χ0) is 24.5. The summed E-state index contributed by atoms with van der Waals surface area (Å²) >= 11 is 20.0. The Balaban J connectivity index is 1.71. The Labute approximate surface area is 221 Å². The molecule has 0 heterocycles. The summed E-state index contributed by atoms with van der Waals surface area (Å²) in [6, 6.07) is 12.6. The molecule has 1 aliphatic carbocycles. The first kappa shape index (κ1) is 27.2. The molecule has 1 aliphatic rings. The second kappa shape index (κ2) is 13.6. The van der Waals surface area contributed by atoms with Crippen LogP contribution in [-0.4, -0.2) is 34.6 Å². The summed E-state index contributed by atoms with van der Waals surface area (Å²) < 4.78 is 0. The maximum absolute atomic E-state index is 13.4. The number of hydrogen-bond acceptors (Lipinski definition) is 3. The molecule has 0 saturated heterocycles. The van der Waals surface area contributed by atoms with Crippen LogP contribution in [0.1, 0.15) is 56.6 Å². The third-order valence-corrected chi connectivity index (χ3v) is 8.21. The maximum Gasteiger partial charge on any atom is 0.243 e. The second-order valence-corrected chi connectivity index (χ2v) is 10.8. The lowest BCUT2D eigenvalue weighted by Crippen LogP contribution is -2.52. The van der Waals surface area contributed by atoms with Crippen LogP contribution < -0.4 is 5.32 Å². The second-order valence-electron chi connectivity index (χ2n) is 8.62. The number of benzene rings is 2. The van der Waals surface area contributed by atoms with Crippen LogP contribution in [0, 0.1) is 0 Å². The van der Waals surface area contributed by atoms with Gasteiger partial charge < -0.3 is 10.2 Å². The topological polar surface area (TPSA) is 49.4 Å². The largest absolute Gasteiger partial charge is 0.352 e. The molecule has 4 nitrogen and oxygen atoms in total. The zero-order valence-electron chi connectivity index (χ0n) is 19.4. The Morgan fingerprint density at radius 1 is 1.03 bits per heavy atom. The number of nitrogens with one attached hydrogen (secondary N) is 1. The van der Waals surface area contributed by atoms with Crippen LogP contribution in [0.3, 0.4) is 0 Å². The molecule has 34 heavy (non-hydrogen) atoms.